The van der Waals surface area contributed by atoms with Gasteiger partial charge in [0.15, 0.2) is 0 Å². The van der Waals surface area contributed by atoms with Gasteiger partial charge in [-0.1, -0.05) is 25.1 Å². The summed E-state index contributed by atoms with van der Waals surface area (Å²) in [5.41, 5.74) is 3.53. The van der Waals surface area contributed by atoms with E-state index in [1.54, 1.807) is 0 Å². The fraction of sp³-hybridized carbons (Fsp3) is 0.438. The predicted molar refractivity (Wildman–Crippen MR) is 85.7 cm³/mol. The third-order valence-electron chi connectivity index (χ3n) is 3.19. The number of hydrogen-bond donors (Lipinski definition) is 1. The molecule has 2 aromatic rings. The first-order valence-corrected chi connectivity index (χ1v) is 8.15. The van der Waals surface area contributed by atoms with Gasteiger partial charge in [-0.3, -0.25) is 4.98 Å². The highest BCUT2D eigenvalue weighted by Crippen LogP contribution is 2.18. The average molecular weight is 274 g/mol. The van der Waals surface area contributed by atoms with Gasteiger partial charge in [-0.25, -0.2) is 0 Å². The Morgan fingerprint density at radius 2 is 2.11 bits per heavy atom. The summed E-state index contributed by atoms with van der Waals surface area (Å²) < 4.78 is 0. The molecule has 0 saturated heterocycles. The molecule has 1 N–H and O–H groups in total. The normalized spacial score (nSPS) is 12.8. The number of pyridine rings is 1. The topological polar surface area (TPSA) is 24.9 Å². The standard InChI is InChI=1S/C16H22N2S/c1-12(11-19-3)9-17-10-14-8-13(2)18-16-7-5-4-6-15(14)16/h4-8,12,17H,9-11H2,1-3H3. The molecule has 0 fully saturated rings. The summed E-state index contributed by atoms with van der Waals surface area (Å²) in [6.45, 7) is 6.34. The summed E-state index contributed by atoms with van der Waals surface area (Å²) in [5.74, 6) is 1.92. The van der Waals surface area contributed by atoms with Crippen molar-refractivity contribution in [2.24, 2.45) is 5.92 Å². The molecule has 1 heterocycles. The van der Waals surface area contributed by atoms with Crippen molar-refractivity contribution in [1.82, 2.24) is 10.3 Å². The van der Waals surface area contributed by atoms with Gasteiger partial charge in [-0.05, 0) is 49.1 Å². The number of aromatic nitrogens is 1. The van der Waals surface area contributed by atoms with Crippen LogP contribution in [0.1, 0.15) is 18.2 Å². The van der Waals surface area contributed by atoms with Crippen LogP contribution in [0.2, 0.25) is 0 Å². The van der Waals surface area contributed by atoms with Crippen LogP contribution in [0.3, 0.4) is 0 Å². The van der Waals surface area contributed by atoms with E-state index < -0.39 is 0 Å². The number of rotatable bonds is 6. The molecule has 0 radical (unpaired) electrons. The monoisotopic (exact) mass is 274 g/mol. The van der Waals surface area contributed by atoms with Crippen LogP contribution in [-0.4, -0.2) is 23.5 Å². The maximum Gasteiger partial charge on any atom is 0.0708 e. The summed E-state index contributed by atoms with van der Waals surface area (Å²) in [5, 5.41) is 4.83. The molecule has 0 aliphatic heterocycles. The molecule has 1 atom stereocenters. The zero-order chi connectivity index (χ0) is 13.7. The van der Waals surface area contributed by atoms with E-state index in [2.05, 4.69) is 54.7 Å². The number of thioether (sulfide) groups is 1. The molecule has 0 spiro atoms. The van der Waals surface area contributed by atoms with Gasteiger partial charge in [0.25, 0.3) is 0 Å². The van der Waals surface area contributed by atoms with Crippen LogP contribution in [0.15, 0.2) is 30.3 Å². The SMILES string of the molecule is CSCC(C)CNCc1cc(C)nc2ccccc12. The van der Waals surface area contributed by atoms with Crippen molar-refractivity contribution >= 4 is 22.7 Å². The second-order valence-electron chi connectivity index (χ2n) is 5.13. The molecular weight excluding hydrogens is 252 g/mol. The number of benzene rings is 1. The Kier molecular flexibility index (Phi) is 5.23. The molecule has 0 amide bonds. The first-order chi connectivity index (χ1) is 9.20. The average Bonchev–Trinajstić information content (AvgIpc) is 2.38. The molecule has 2 rings (SSSR count). The molecule has 19 heavy (non-hydrogen) atoms. The molecule has 1 unspecified atom stereocenters. The lowest BCUT2D eigenvalue weighted by Crippen LogP contribution is -2.22. The van der Waals surface area contributed by atoms with Crippen molar-refractivity contribution in [3.63, 3.8) is 0 Å². The second-order valence-corrected chi connectivity index (χ2v) is 6.04. The van der Waals surface area contributed by atoms with Gasteiger partial charge in [0.2, 0.25) is 0 Å². The summed E-state index contributed by atoms with van der Waals surface area (Å²) in [4.78, 5) is 4.58. The molecular formula is C16H22N2S. The molecule has 0 bridgehead atoms. The molecule has 0 aliphatic carbocycles. The third-order valence-corrected chi connectivity index (χ3v) is 4.09. The lowest BCUT2D eigenvalue weighted by atomic mass is 10.1. The smallest absolute Gasteiger partial charge is 0.0708 e. The van der Waals surface area contributed by atoms with Gasteiger partial charge in [-0.2, -0.15) is 11.8 Å². The maximum atomic E-state index is 4.58. The van der Waals surface area contributed by atoms with Crippen LogP contribution in [0.4, 0.5) is 0 Å². The summed E-state index contributed by atoms with van der Waals surface area (Å²) >= 11 is 1.91. The highest BCUT2D eigenvalue weighted by molar-refractivity contribution is 7.98. The first-order valence-electron chi connectivity index (χ1n) is 6.75. The Hall–Kier alpha value is -1.06. The van der Waals surface area contributed by atoms with E-state index in [4.69, 9.17) is 0 Å². The lowest BCUT2D eigenvalue weighted by molar-refractivity contribution is 0.560. The van der Waals surface area contributed by atoms with Crippen molar-refractivity contribution in [3.8, 4) is 0 Å². The maximum absolute atomic E-state index is 4.58. The highest BCUT2D eigenvalue weighted by Gasteiger charge is 2.05. The third kappa shape index (κ3) is 3.95. The van der Waals surface area contributed by atoms with Crippen molar-refractivity contribution in [2.45, 2.75) is 20.4 Å². The van der Waals surface area contributed by atoms with E-state index in [1.165, 1.54) is 16.7 Å². The fourth-order valence-corrected chi connectivity index (χ4v) is 3.02. The molecule has 2 nitrogen and oxygen atoms in total. The molecule has 102 valence electrons. The van der Waals surface area contributed by atoms with Gasteiger partial charge in [0.05, 0.1) is 5.52 Å². The summed E-state index contributed by atoms with van der Waals surface area (Å²) in [6, 6.07) is 10.6. The highest BCUT2D eigenvalue weighted by atomic mass is 32.2. The van der Waals surface area contributed by atoms with Gasteiger partial charge in [-0.15, -0.1) is 0 Å². The van der Waals surface area contributed by atoms with E-state index in [1.807, 2.05) is 17.8 Å². The Balaban J connectivity index is 2.08. The van der Waals surface area contributed by atoms with Crippen molar-refractivity contribution in [2.75, 3.05) is 18.6 Å². The van der Waals surface area contributed by atoms with Crippen LogP contribution in [0.25, 0.3) is 10.9 Å². The van der Waals surface area contributed by atoms with Crippen LogP contribution < -0.4 is 5.32 Å². The Bertz CT molecular complexity index is 539. The minimum atomic E-state index is 0.712. The number of nitrogens with one attached hydrogen (secondary N) is 1. The number of fused-ring (bicyclic) bond motifs is 1. The summed E-state index contributed by atoms with van der Waals surface area (Å²) in [6.07, 6.45) is 2.16. The van der Waals surface area contributed by atoms with Crippen LogP contribution in [0.5, 0.6) is 0 Å². The molecule has 1 aromatic heterocycles. The van der Waals surface area contributed by atoms with E-state index >= 15 is 0 Å². The zero-order valence-corrected chi connectivity index (χ0v) is 12.8. The predicted octanol–water partition coefficient (Wildman–Crippen LogP) is 3.63. The Labute approximate surface area is 120 Å². The molecule has 0 aliphatic rings. The van der Waals surface area contributed by atoms with Crippen LogP contribution >= 0.6 is 11.8 Å². The minimum absolute atomic E-state index is 0.712. The number of para-hydroxylation sites is 1. The van der Waals surface area contributed by atoms with Gasteiger partial charge >= 0.3 is 0 Å². The van der Waals surface area contributed by atoms with Crippen LogP contribution in [-0.2, 0) is 6.54 Å². The quantitative estimate of drug-likeness (QED) is 0.870. The lowest BCUT2D eigenvalue weighted by Gasteiger charge is -2.13. The van der Waals surface area contributed by atoms with Crippen LogP contribution in [0, 0.1) is 12.8 Å². The van der Waals surface area contributed by atoms with Gasteiger partial charge in [0.1, 0.15) is 0 Å². The minimum Gasteiger partial charge on any atom is -0.312 e. The van der Waals surface area contributed by atoms with Crippen molar-refractivity contribution in [1.29, 1.82) is 0 Å². The van der Waals surface area contributed by atoms with E-state index in [0.29, 0.717) is 5.92 Å². The molecule has 3 heteroatoms. The number of hydrogen-bond acceptors (Lipinski definition) is 3. The second kappa shape index (κ2) is 6.92. The zero-order valence-electron chi connectivity index (χ0n) is 11.9. The van der Waals surface area contributed by atoms with E-state index in [0.717, 1.165) is 24.3 Å². The molecule has 1 aromatic carbocycles. The fourth-order valence-electron chi connectivity index (χ4n) is 2.34. The van der Waals surface area contributed by atoms with Gasteiger partial charge < -0.3 is 5.32 Å². The van der Waals surface area contributed by atoms with Crippen molar-refractivity contribution < 1.29 is 0 Å². The first kappa shape index (κ1) is 14.4. The van der Waals surface area contributed by atoms with E-state index in [-0.39, 0.29) is 0 Å². The number of aryl methyl sites for hydroxylation is 1. The Morgan fingerprint density at radius 1 is 1.32 bits per heavy atom. The number of nitrogens with zero attached hydrogens (tertiary/aromatic N) is 1. The van der Waals surface area contributed by atoms with E-state index in [9.17, 15) is 0 Å². The van der Waals surface area contributed by atoms with Gasteiger partial charge in [0, 0.05) is 17.6 Å². The Morgan fingerprint density at radius 3 is 2.89 bits per heavy atom. The largest absolute Gasteiger partial charge is 0.312 e. The summed E-state index contributed by atoms with van der Waals surface area (Å²) in [7, 11) is 0. The molecule has 0 saturated carbocycles. The van der Waals surface area contributed by atoms with Crippen molar-refractivity contribution in [3.05, 3.63) is 41.6 Å².